The molecular formula is C13H14O5. The Labute approximate surface area is 104 Å². The van der Waals surface area contributed by atoms with Gasteiger partial charge in [-0.2, -0.15) is 0 Å². The predicted molar refractivity (Wildman–Crippen MR) is 62.8 cm³/mol. The van der Waals surface area contributed by atoms with Gasteiger partial charge >= 0.3 is 0 Å². The second-order valence-electron chi connectivity index (χ2n) is 4.93. The first kappa shape index (κ1) is 12.6. The van der Waals surface area contributed by atoms with Gasteiger partial charge in [-0.25, -0.2) is 0 Å². The highest BCUT2D eigenvalue weighted by Crippen LogP contribution is 2.44. The van der Waals surface area contributed by atoms with E-state index in [1.165, 1.54) is 19.9 Å². The minimum atomic E-state index is -1.50. The van der Waals surface area contributed by atoms with E-state index < -0.39 is 17.3 Å². The summed E-state index contributed by atoms with van der Waals surface area (Å²) in [7, 11) is 0. The highest BCUT2D eigenvalue weighted by atomic mass is 16.3. The van der Waals surface area contributed by atoms with E-state index >= 15 is 0 Å². The quantitative estimate of drug-likeness (QED) is 0.694. The zero-order valence-corrected chi connectivity index (χ0v) is 10.1. The monoisotopic (exact) mass is 250 g/mol. The SMILES string of the molecule is CC(=O)[C@@H]1c2cc(O)cc(O)c2C(=O)C[C@@]1(C)O. The molecular weight excluding hydrogens is 236 g/mol. The Bertz CT molecular complexity index is 545. The van der Waals surface area contributed by atoms with Crippen molar-refractivity contribution in [1.82, 2.24) is 0 Å². The van der Waals surface area contributed by atoms with E-state index in [4.69, 9.17) is 0 Å². The van der Waals surface area contributed by atoms with Crippen LogP contribution in [0.2, 0.25) is 0 Å². The molecule has 2 atom stereocenters. The van der Waals surface area contributed by atoms with Crippen LogP contribution < -0.4 is 0 Å². The molecule has 0 heterocycles. The van der Waals surface area contributed by atoms with Crippen LogP contribution in [0.5, 0.6) is 11.5 Å². The molecule has 0 aliphatic heterocycles. The number of Topliss-reactive ketones (excluding diaryl/α,β-unsaturated/α-hetero) is 2. The molecule has 0 amide bonds. The number of rotatable bonds is 1. The summed E-state index contributed by atoms with van der Waals surface area (Å²) in [5.41, 5.74) is -1.31. The minimum Gasteiger partial charge on any atom is -0.508 e. The van der Waals surface area contributed by atoms with Crippen molar-refractivity contribution in [2.45, 2.75) is 31.8 Å². The second kappa shape index (κ2) is 3.81. The lowest BCUT2D eigenvalue weighted by Gasteiger charge is -2.36. The fourth-order valence-electron chi connectivity index (χ4n) is 2.67. The number of aliphatic hydroxyl groups is 1. The van der Waals surface area contributed by atoms with Gasteiger partial charge < -0.3 is 15.3 Å². The van der Waals surface area contributed by atoms with E-state index in [-0.39, 0.29) is 34.8 Å². The van der Waals surface area contributed by atoms with Crippen LogP contribution in [-0.4, -0.2) is 32.5 Å². The number of hydrogen-bond acceptors (Lipinski definition) is 5. The largest absolute Gasteiger partial charge is 0.508 e. The summed E-state index contributed by atoms with van der Waals surface area (Å²) in [6, 6.07) is 2.29. The lowest BCUT2D eigenvalue weighted by molar-refractivity contribution is -0.124. The summed E-state index contributed by atoms with van der Waals surface area (Å²) in [5.74, 6) is -2.30. The third-order valence-corrected chi connectivity index (χ3v) is 3.27. The first-order valence-corrected chi connectivity index (χ1v) is 5.56. The molecule has 0 aromatic heterocycles. The van der Waals surface area contributed by atoms with Crippen molar-refractivity contribution in [2.24, 2.45) is 0 Å². The summed E-state index contributed by atoms with van der Waals surface area (Å²) in [6.07, 6.45) is -0.234. The Morgan fingerprint density at radius 2 is 2.00 bits per heavy atom. The van der Waals surface area contributed by atoms with Crippen molar-refractivity contribution in [3.05, 3.63) is 23.3 Å². The van der Waals surface area contributed by atoms with Crippen LogP contribution in [0.4, 0.5) is 0 Å². The first-order valence-electron chi connectivity index (χ1n) is 5.56. The van der Waals surface area contributed by atoms with Gasteiger partial charge in [0.1, 0.15) is 17.3 Å². The Hall–Kier alpha value is -1.88. The Morgan fingerprint density at radius 1 is 1.39 bits per heavy atom. The van der Waals surface area contributed by atoms with E-state index in [1.807, 2.05) is 0 Å². The predicted octanol–water partition coefficient (Wildman–Crippen LogP) is 1.11. The molecule has 1 aliphatic rings. The van der Waals surface area contributed by atoms with Crippen molar-refractivity contribution >= 4 is 11.6 Å². The molecule has 0 unspecified atom stereocenters. The Morgan fingerprint density at radius 3 is 2.56 bits per heavy atom. The lowest BCUT2D eigenvalue weighted by atomic mass is 9.70. The molecule has 3 N–H and O–H groups in total. The number of benzene rings is 1. The maximum atomic E-state index is 11.9. The molecule has 0 saturated heterocycles. The van der Waals surface area contributed by atoms with Crippen molar-refractivity contribution < 1.29 is 24.9 Å². The molecule has 1 aliphatic carbocycles. The molecule has 2 rings (SSSR count). The number of aromatic hydroxyl groups is 2. The molecule has 18 heavy (non-hydrogen) atoms. The minimum absolute atomic E-state index is 0.0134. The van der Waals surface area contributed by atoms with E-state index in [0.717, 1.165) is 6.07 Å². The number of carbonyl (C=O) groups is 2. The highest BCUT2D eigenvalue weighted by molar-refractivity contribution is 6.05. The molecule has 0 fully saturated rings. The summed E-state index contributed by atoms with van der Waals surface area (Å²) < 4.78 is 0. The Kier molecular flexibility index (Phi) is 2.66. The van der Waals surface area contributed by atoms with Gasteiger partial charge in [-0.05, 0) is 25.5 Å². The number of carbonyl (C=O) groups excluding carboxylic acids is 2. The number of ketones is 2. The number of phenolic OH excluding ortho intramolecular Hbond substituents is 2. The van der Waals surface area contributed by atoms with Gasteiger partial charge in [-0.1, -0.05) is 0 Å². The zero-order valence-electron chi connectivity index (χ0n) is 10.1. The van der Waals surface area contributed by atoms with Gasteiger partial charge in [0.15, 0.2) is 5.78 Å². The van der Waals surface area contributed by atoms with Crippen molar-refractivity contribution in [3.8, 4) is 11.5 Å². The molecule has 1 aromatic carbocycles. The van der Waals surface area contributed by atoms with Gasteiger partial charge in [0.25, 0.3) is 0 Å². The smallest absolute Gasteiger partial charge is 0.169 e. The highest BCUT2D eigenvalue weighted by Gasteiger charge is 2.45. The fraction of sp³-hybridized carbons (Fsp3) is 0.385. The van der Waals surface area contributed by atoms with E-state index in [2.05, 4.69) is 0 Å². The molecule has 5 nitrogen and oxygen atoms in total. The normalized spacial score (nSPS) is 26.8. The van der Waals surface area contributed by atoms with Crippen molar-refractivity contribution in [2.75, 3.05) is 0 Å². The number of hydrogen-bond donors (Lipinski definition) is 3. The van der Waals surface area contributed by atoms with Crippen LogP contribution in [-0.2, 0) is 4.79 Å². The van der Waals surface area contributed by atoms with Crippen LogP contribution in [0, 0.1) is 0 Å². The summed E-state index contributed by atoms with van der Waals surface area (Å²) in [4.78, 5) is 23.6. The number of phenols is 2. The molecule has 96 valence electrons. The van der Waals surface area contributed by atoms with Crippen molar-refractivity contribution in [1.29, 1.82) is 0 Å². The summed E-state index contributed by atoms with van der Waals surface area (Å²) >= 11 is 0. The van der Waals surface area contributed by atoms with Gasteiger partial charge in [0, 0.05) is 12.5 Å². The third-order valence-electron chi connectivity index (χ3n) is 3.27. The summed E-state index contributed by atoms with van der Waals surface area (Å²) in [6.45, 7) is 2.71. The Balaban J connectivity index is 2.75. The van der Waals surface area contributed by atoms with Crippen LogP contribution in [0.15, 0.2) is 12.1 Å². The summed E-state index contributed by atoms with van der Waals surface area (Å²) in [5, 5.41) is 29.4. The molecule has 0 spiro atoms. The fourth-order valence-corrected chi connectivity index (χ4v) is 2.67. The lowest BCUT2D eigenvalue weighted by Crippen LogP contribution is -2.43. The molecule has 5 heteroatoms. The van der Waals surface area contributed by atoms with Crippen LogP contribution in [0.25, 0.3) is 0 Å². The van der Waals surface area contributed by atoms with E-state index in [0.29, 0.717) is 0 Å². The average molecular weight is 250 g/mol. The standard InChI is InChI=1S/C13H14O5/c1-6(14)12-8-3-7(15)4-9(16)11(8)10(17)5-13(12,2)18/h3-4,12,15-16,18H,5H2,1-2H3/t12-,13-/m1/s1. The van der Waals surface area contributed by atoms with E-state index in [1.54, 1.807) is 0 Å². The second-order valence-corrected chi connectivity index (χ2v) is 4.93. The topological polar surface area (TPSA) is 94.8 Å². The van der Waals surface area contributed by atoms with Gasteiger partial charge in [0.2, 0.25) is 0 Å². The maximum Gasteiger partial charge on any atom is 0.169 e. The zero-order chi connectivity index (χ0) is 13.7. The molecule has 0 radical (unpaired) electrons. The maximum absolute atomic E-state index is 11.9. The average Bonchev–Trinajstić information content (AvgIpc) is 2.11. The molecule has 0 saturated carbocycles. The van der Waals surface area contributed by atoms with E-state index in [9.17, 15) is 24.9 Å². The first-order chi connectivity index (χ1) is 8.24. The van der Waals surface area contributed by atoms with Crippen LogP contribution in [0.3, 0.4) is 0 Å². The molecule has 0 bridgehead atoms. The number of fused-ring (bicyclic) bond motifs is 1. The van der Waals surface area contributed by atoms with Gasteiger partial charge in [-0.3, -0.25) is 9.59 Å². The molecule has 1 aromatic rings. The third kappa shape index (κ3) is 1.76. The van der Waals surface area contributed by atoms with Crippen LogP contribution in [0.1, 0.15) is 42.1 Å². The van der Waals surface area contributed by atoms with Crippen LogP contribution >= 0.6 is 0 Å². The van der Waals surface area contributed by atoms with Gasteiger partial charge in [-0.15, -0.1) is 0 Å². The van der Waals surface area contributed by atoms with Gasteiger partial charge in [0.05, 0.1) is 17.1 Å². The van der Waals surface area contributed by atoms with Crippen molar-refractivity contribution in [3.63, 3.8) is 0 Å².